The van der Waals surface area contributed by atoms with Gasteiger partial charge in [0.15, 0.2) is 0 Å². The van der Waals surface area contributed by atoms with Crippen molar-refractivity contribution in [3.05, 3.63) is 0 Å². The normalized spacial score (nSPS) is 26.6. The Bertz CT molecular complexity index is 179. The van der Waals surface area contributed by atoms with Gasteiger partial charge in [-0.05, 0) is 31.1 Å². The summed E-state index contributed by atoms with van der Waals surface area (Å²) in [5.41, 5.74) is 0.340. The van der Waals surface area contributed by atoms with Crippen LogP contribution in [0.3, 0.4) is 0 Å². The third-order valence-electron chi connectivity index (χ3n) is 3.74. The van der Waals surface area contributed by atoms with Gasteiger partial charge in [0.25, 0.3) is 0 Å². The van der Waals surface area contributed by atoms with E-state index >= 15 is 0 Å². The first-order valence-corrected chi connectivity index (χ1v) is 6.29. The molecule has 1 N–H and O–H groups in total. The highest BCUT2D eigenvalue weighted by Gasteiger charge is 2.28. The van der Waals surface area contributed by atoms with Gasteiger partial charge >= 0.3 is 0 Å². The molecule has 15 heavy (non-hydrogen) atoms. The molecule has 0 aromatic heterocycles. The summed E-state index contributed by atoms with van der Waals surface area (Å²) in [6.45, 7) is 13.3. The Hall–Kier alpha value is -0.0800. The lowest BCUT2D eigenvalue weighted by molar-refractivity contribution is 0.165. The van der Waals surface area contributed by atoms with Crippen LogP contribution in [-0.2, 0) is 4.74 Å². The lowest BCUT2D eigenvalue weighted by Crippen LogP contribution is -2.47. The zero-order valence-electron chi connectivity index (χ0n) is 11.0. The number of hydrogen-bond acceptors (Lipinski definition) is 2. The molecule has 1 rings (SSSR count). The van der Waals surface area contributed by atoms with Crippen LogP contribution in [0.2, 0.25) is 0 Å². The molecule has 3 atom stereocenters. The summed E-state index contributed by atoms with van der Waals surface area (Å²) < 4.78 is 5.47. The highest BCUT2D eigenvalue weighted by molar-refractivity contribution is 4.84. The molecule has 1 aliphatic heterocycles. The predicted molar refractivity (Wildman–Crippen MR) is 65.1 cm³/mol. The van der Waals surface area contributed by atoms with Gasteiger partial charge in [0, 0.05) is 18.7 Å². The van der Waals surface area contributed by atoms with E-state index in [1.54, 1.807) is 0 Å². The summed E-state index contributed by atoms with van der Waals surface area (Å²) in [4.78, 5) is 0. The average molecular weight is 213 g/mol. The van der Waals surface area contributed by atoms with Gasteiger partial charge in [0.2, 0.25) is 0 Å². The summed E-state index contributed by atoms with van der Waals surface area (Å²) in [6, 6.07) is 1.18. The number of nitrogens with one attached hydrogen (secondary N) is 1. The Labute approximate surface area is 94.8 Å². The first-order chi connectivity index (χ1) is 6.95. The largest absolute Gasteiger partial charge is 0.381 e. The van der Waals surface area contributed by atoms with Gasteiger partial charge in [0.05, 0.1) is 6.61 Å². The fourth-order valence-electron chi connectivity index (χ4n) is 2.03. The number of ether oxygens (including phenoxy) is 1. The first-order valence-electron chi connectivity index (χ1n) is 6.29. The van der Waals surface area contributed by atoms with E-state index in [0.717, 1.165) is 19.1 Å². The van der Waals surface area contributed by atoms with E-state index < -0.39 is 0 Å². The van der Waals surface area contributed by atoms with Crippen molar-refractivity contribution >= 4 is 0 Å². The van der Waals surface area contributed by atoms with Crippen LogP contribution in [0.15, 0.2) is 0 Å². The molecule has 0 bridgehead atoms. The summed E-state index contributed by atoms with van der Waals surface area (Å²) in [5.74, 6) is 0.722. The van der Waals surface area contributed by atoms with Crippen LogP contribution in [0.5, 0.6) is 0 Å². The molecule has 2 heteroatoms. The van der Waals surface area contributed by atoms with E-state index in [4.69, 9.17) is 4.74 Å². The summed E-state index contributed by atoms with van der Waals surface area (Å²) in [5, 5.41) is 3.77. The molecule has 0 aliphatic carbocycles. The van der Waals surface area contributed by atoms with E-state index in [1.165, 1.54) is 12.8 Å². The van der Waals surface area contributed by atoms with Gasteiger partial charge in [-0.25, -0.2) is 0 Å². The Kier molecular flexibility index (Phi) is 4.60. The van der Waals surface area contributed by atoms with Crippen molar-refractivity contribution in [3.8, 4) is 0 Å². The van der Waals surface area contributed by atoms with Crippen molar-refractivity contribution in [1.82, 2.24) is 5.32 Å². The van der Waals surface area contributed by atoms with E-state index in [-0.39, 0.29) is 0 Å². The number of hydrogen-bond donors (Lipinski definition) is 1. The van der Waals surface area contributed by atoms with Crippen LogP contribution >= 0.6 is 0 Å². The van der Waals surface area contributed by atoms with Gasteiger partial charge < -0.3 is 10.1 Å². The Morgan fingerprint density at radius 2 is 2.07 bits per heavy atom. The predicted octanol–water partition coefficient (Wildman–Crippen LogP) is 2.83. The maximum Gasteiger partial charge on any atom is 0.0510 e. The lowest BCUT2D eigenvalue weighted by atomic mass is 9.86. The van der Waals surface area contributed by atoms with E-state index in [0.29, 0.717) is 17.5 Å². The molecular weight excluding hydrogens is 186 g/mol. The number of rotatable bonds is 4. The fraction of sp³-hybridized carbons (Fsp3) is 1.00. The second-order valence-corrected chi connectivity index (χ2v) is 5.89. The molecule has 0 aromatic rings. The van der Waals surface area contributed by atoms with Crippen LogP contribution in [0.25, 0.3) is 0 Å². The second kappa shape index (κ2) is 5.31. The van der Waals surface area contributed by atoms with Gasteiger partial charge in [-0.15, -0.1) is 0 Å². The van der Waals surface area contributed by atoms with Gasteiger partial charge in [-0.1, -0.05) is 27.7 Å². The molecule has 1 aliphatic rings. The van der Waals surface area contributed by atoms with E-state index in [9.17, 15) is 0 Å². The minimum Gasteiger partial charge on any atom is -0.381 e. The van der Waals surface area contributed by atoms with Crippen LogP contribution in [0, 0.1) is 11.3 Å². The van der Waals surface area contributed by atoms with Crippen LogP contribution in [0.1, 0.15) is 47.5 Å². The van der Waals surface area contributed by atoms with Crippen molar-refractivity contribution in [2.45, 2.75) is 59.5 Å². The minimum atomic E-state index is 0.340. The zero-order valence-corrected chi connectivity index (χ0v) is 11.0. The molecule has 3 unspecified atom stereocenters. The van der Waals surface area contributed by atoms with Crippen molar-refractivity contribution in [1.29, 1.82) is 0 Å². The Morgan fingerprint density at radius 3 is 2.47 bits per heavy atom. The van der Waals surface area contributed by atoms with Gasteiger partial charge in [0.1, 0.15) is 0 Å². The minimum absolute atomic E-state index is 0.340. The zero-order chi connectivity index (χ0) is 11.5. The highest BCUT2D eigenvalue weighted by atomic mass is 16.5. The van der Waals surface area contributed by atoms with Crippen molar-refractivity contribution < 1.29 is 4.74 Å². The average Bonchev–Trinajstić information content (AvgIpc) is 2.64. The fourth-order valence-corrected chi connectivity index (χ4v) is 2.03. The highest BCUT2D eigenvalue weighted by Crippen LogP contribution is 2.24. The molecule has 0 saturated carbocycles. The molecular formula is C13H27NO. The van der Waals surface area contributed by atoms with Crippen molar-refractivity contribution in [3.63, 3.8) is 0 Å². The molecule has 0 amide bonds. The molecule has 1 heterocycles. The SMILES string of the molecule is CCC(NC(C)C(C)(C)C)C1CCOC1. The van der Waals surface area contributed by atoms with E-state index in [2.05, 4.69) is 39.9 Å². The molecule has 0 aromatic carbocycles. The standard InChI is InChI=1S/C13H27NO/c1-6-12(11-7-8-15-9-11)14-10(2)13(3,4)5/h10-12,14H,6-9H2,1-5H3. The van der Waals surface area contributed by atoms with E-state index in [1.807, 2.05) is 0 Å². The maximum absolute atomic E-state index is 5.47. The van der Waals surface area contributed by atoms with Crippen LogP contribution < -0.4 is 5.32 Å². The molecule has 2 nitrogen and oxygen atoms in total. The lowest BCUT2D eigenvalue weighted by Gasteiger charge is -2.34. The summed E-state index contributed by atoms with van der Waals surface area (Å²) >= 11 is 0. The summed E-state index contributed by atoms with van der Waals surface area (Å²) in [7, 11) is 0. The topological polar surface area (TPSA) is 21.3 Å². The molecule has 90 valence electrons. The quantitative estimate of drug-likeness (QED) is 0.775. The Morgan fingerprint density at radius 1 is 1.40 bits per heavy atom. The van der Waals surface area contributed by atoms with Crippen LogP contribution in [-0.4, -0.2) is 25.3 Å². The van der Waals surface area contributed by atoms with Crippen LogP contribution in [0.4, 0.5) is 0 Å². The third kappa shape index (κ3) is 3.76. The molecule has 1 fully saturated rings. The van der Waals surface area contributed by atoms with Gasteiger partial charge in [-0.2, -0.15) is 0 Å². The maximum atomic E-state index is 5.47. The monoisotopic (exact) mass is 213 g/mol. The second-order valence-electron chi connectivity index (χ2n) is 5.89. The van der Waals surface area contributed by atoms with Crippen molar-refractivity contribution in [2.75, 3.05) is 13.2 Å². The Balaban J connectivity index is 2.45. The molecule has 1 saturated heterocycles. The summed E-state index contributed by atoms with van der Waals surface area (Å²) in [6.07, 6.45) is 2.43. The van der Waals surface area contributed by atoms with Crippen molar-refractivity contribution in [2.24, 2.45) is 11.3 Å². The molecule has 0 radical (unpaired) electrons. The molecule has 0 spiro atoms. The van der Waals surface area contributed by atoms with Gasteiger partial charge in [-0.3, -0.25) is 0 Å². The first kappa shape index (κ1) is 13.0. The smallest absolute Gasteiger partial charge is 0.0510 e. The third-order valence-corrected chi connectivity index (χ3v) is 3.74.